The fourth-order valence-corrected chi connectivity index (χ4v) is 3.05. The van der Waals surface area contributed by atoms with Gasteiger partial charge in [0.15, 0.2) is 12.4 Å². The summed E-state index contributed by atoms with van der Waals surface area (Å²) < 4.78 is 10.2. The SMILES string of the molecule is COc1ccc(C(=O)c2ccccc2C(=O)OCC(=O)Nc2ccc(C)c([N+](=O)[O-])c2)cc1. The number of hydrogen-bond acceptors (Lipinski definition) is 7. The van der Waals surface area contributed by atoms with Crippen LogP contribution in [0.5, 0.6) is 5.75 Å². The molecule has 0 saturated carbocycles. The number of anilines is 1. The quantitative estimate of drug-likeness (QED) is 0.239. The summed E-state index contributed by atoms with van der Waals surface area (Å²) in [7, 11) is 1.51. The summed E-state index contributed by atoms with van der Waals surface area (Å²) in [5.41, 5.74) is 0.996. The largest absolute Gasteiger partial charge is 0.497 e. The number of rotatable bonds is 8. The zero-order valence-electron chi connectivity index (χ0n) is 17.9. The Kier molecular flexibility index (Phi) is 7.14. The smallest absolute Gasteiger partial charge is 0.339 e. The molecule has 0 unspecified atom stereocenters. The van der Waals surface area contributed by atoms with Gasteiger partial charge in [-0.3, -0.25) is 19.7 Å². The summed E-state index contributed by atoms with van der Waals surface area (Å²) in [4.78, 5) is 48.1. The van der Waals surface area contributed by atoms with E-state index < -0.39 is 23.4 Å². The predicted molar refractivity (Wildman–Crippen MR) is 120 cm³/mol. The Bertz CT molecular complexity index is 1220. The third-order valence-corrected chi connectivity index (χ3v) is 4.77. The second kappa shape index (κ2) is 10.2. The second-order valence-electron chi connectivity index (χ2n) is 6.99. The average molecular weight is 448 g/mol. The van der Waals surface area contributed by atoms with Crippen LogP contribution in [0.4, 0.5) is 11.4 Å². The van der Waals surface area contributed by atoms with Gasteiger partial charge in [0.1, 0.15) is 5.75 Å². The fourth-order valence-electron chi connectivity index (χ4n) is 3.05. The molecule has 0 atom stereocenters. The van der Waals surface area contributed by atoms with Crippen molar-refractivity contribution in [3.63, 3.8) is 0 Å². The van der Waals surface area contributed by atoms with Gasteiger partial charge in [0, 0.05) is 28.4 Å². The molecule has 9 heteroatoms. The van der Waals surface area contributed by atoms with Crippen LogP contribution in [0.15, 0.2) is 66.7 Å². The number of ketones is 1. The maximum atomic E-state index is 12.9. The molecule has 0 aliphatic carbocycles. The van der Waals surface area contributed by atoms with Crippen molar-refractivity contribution < 1.29 is 28.8 Å². The molecule has 0 fully saturated rings. The highest BCUT2D eigenvalue weighted by atomic mass is 16.6. The number of amides is 1. The Morgan fingerprint density at radius 1 is 0.970 bits per heavy atom. The molecule has 0 radical (unpaired) electrons. The van der Waals surface area contributed by atoms with Crippen LogP contribution in [-0.4, -0.2) is 36.3 Å². The number of methoxy groups -OCH3 is 1. The number of carbonyl (C=O) groups excluding carboxylic acids is 3. The molecule has 0 aromatic heterocycles. The average Bonchev–Trinajstić information content (AvgIpc) is 2.83. The van der Waals surface area contributed by atoms with Gasteiger partial charge in [-0.25, -0.2) is 4.79 Å². The molecule has 0 heterocycles. The number of nitrogens with one attached hydrogen (secondary N) is 1. The van der Waals surface area contributed by atoms with Gasteiger partial charge in [0.25, 0.3) is 11.6 Å². The first kappa shape index (κ1) is 23.1. The van der Waals surface area contributed by atoms with E-state index in [-0.39, 0.29) is 28.3 Å². The molecule has 3 rings (SSSR count). The highest BCUT2D eigenvalue weighted by Gasteiger charge is 2.20. The summed E-state index contributed by atoms with van der Waals surface area (Å²) in [5.74, 6) is -1.33. The number of nitro groups is 1. The van der Waals surface area contributed by atoms with Crippen molar-refractivity contribution in [2.45, 2.75) is 6.92 Å². The van der Waals surface area contributed by atoms with E-state index in [1.807, 2.05) is 0 Å². The third-order valence-electron chi connectivity index (χ3n) is 4.77. The minimum Gasteiger partial charge on any atom is -0.497 e. The normalized spacial score (nSPS) is 10.2. The second-order valence-corrected chi connectivity index (χ2v) is 6.99. The highest BCUT2D eigenvalue weighted by Crippen LogP contribution is 2.22. The minimum absolute atomic E-state index is 0.0112. The number of hydrogen-bond donors (Lipinski definition) is 1. The van der Waals surface area contributed by atoms with Gasteiger partial charge >= 0.3 is 5.97 Å². The third kappa shape index (κ3) is 5.59. The van der Waals surface area contributed by atoms with E-state index in [4.69, 9.17) is 9.47 Å². The minimum atomic E-state index is -0.850. The van der Waals surface area contributed by atoms with Crippen molar-refractivity contribution >= 4 is 29.0 Å². The number of benzene rings is 3. The molecule has 0 aliphatic rings. The maximum Gasteiger partial charge on any atom is 0.339 e. The molecule has 0 saturated heterocycles. The maximum absolute atomic E-state index is 12.9. The van der Waals surface area contributed by atoms with Gasteiger partial charge < -0.3 is 14.8 Å². The van der Waals surface area contributed by atoms with E-state index in [9.17, 15) is 24.5 Å². The van der Waals surface area contributed by atoms with Gasteiger partial charge in [0.2, 0.25) is 0 Å². The first-order chi connectivity index (χ1) is 15.8. The number of aryl methyl sites for hydroxylation is 1. The number of ether oxygens (including phenoxy) is 2. The van der Waals surface area contributed by atoms with Crippen LogP contribution in [0, 0.1) is 17.0 Å². The van der Waals surface area contributed by atoms with E-state index >= 15 is 0 Å². The Balaban J connectivity index is 1.68. The molecule has 0 spiro atoms. The predicted octanol–water partition coefficient (Wildman–Crippen LogP) is 3.94. The Hall–Kier alpha value is -4.53. The lowest BCUT2D eigenvalue weighted by Crippen LogP contribution is -2.22. The molecular weight excluding hydrogens is 428 g/mol. The number of esters is 1. The molecular formula is C24H20N2O7. The molecule has 168 valence electrons. The summed E-state index contributed by atoms with van der Waals surface area (Å²) in [6, 6.07) is 16.8. The first-order valence-electron chi connectivity index (χ1n) is 9.80. The van der Waals surface area contributed by atoms with Gasteiger partial charge in [-0.2, -0.15) is 0 Å². The van der Waals surface area contributed by atoms with Gasteiger partial charge in [-0.15, -0.1) is 0 Å². The van der Waals surface area contributed by atoms with Crippen LogP contribution in [0.25, 0.3) is 0 Å². The zero-order chi connectivity index (χ0) is 24.0. The monoisotopic (exact) mass is 448 g/mol. The topological polar surface area (TPSA) is 125 Å². The zero-order valence-corrected chi connectivity index (χ0v) is 17.9. The standard InChI is InChI=1S/C24H20N2O7/c1-15-7-10-17(13-21(15)26(30)31)25-22(27)14-33-24(29)20-6-4-3-5-19(20)23(28)16-8-11-18(32-2)12-9-16/h3-13H,14H2,1-2H3,(H,25,27). The van der Waals surface area contributed by atoms with Crippen molar-refractivity contribution in [3.8, 4) is 5.75 Å². The van der Waals surface area contributed by atoms with Crippen molar-refractivity contribution in [2.24, 2.45) is 0 Å². The van der Waals surface area contributed by atoms with E-state index in [0.29, 0.717) is 16.9 Å². The number of nitro benzene ring substituents is 1. The Morgan fingerprint density at radius 3 is 2.27 bits per heavy atom. The lowest BCUT2D eigenvalue weighted by molar-refractivity contribution is -0.385. The first-order valence-corrected chi connectivity index (χ1v) is 9.80. The number of carbonyl (C=O) groups is 3. The Morgan fingerprint density at radius 2 is 1.64 bits per heavy atom. The van der Waals surface area contributed by atoms with Crippen LogP contribution in [0.2, 0.25) is 0 Å². The van der Waals surface area contributed by atoms with Crippen molar-refractivity contribution in [2.75, 3.05) is 19.0 Å². The van der Waals surface area contributed by atoms with Crippen LogP contribution in [-0.2, 0) is 9.53 Å². The van der Waals surface area contributed by atoms with E-state index in [1.54, 1.807) is 43.3 Å². The summed E-state index contributed by atoms with van der Waals surface area (Å²) >= 11 is 0. The van der Waals surface area contributed by atoms with E-state index in [1.165, 1.54) is 37.4 Å². The van der Waals surface area contributed by atoms with Crippen LogP contribution >= 0.6 is 0 Å². The van der Waals surface area contributed by atoms with Gasteiger partial charge in [-0.1, -0.05) is 24.3 Å². The van der Waals surface area contributed by atoms with Crippen molar-refractivity contribution in [1.82, 2.24) is 0 Å². The lowest BCUT2D eigenvalue weighted by atomic mass is 9.98. The van der Waals surface area contributed by atoms with Crippen LogP contribution < -0.4 is 10.1 Å². The summed E-state index contributed by atoms with van der Waals surface area (Å²) in [6.07, 6.45) is 0. The summed E-state index contributed by atoms with van der Waals surface area (Å²) in [6.45, 7) is 0.946. The van der Waals surface area contributed by atoms with E-state index in [2.05, 4.69) is 5.32 Å². The molecule has 0 bridgehead atoms. The van der Waals surface area contributed by atoms with Crippen LogP contribution in [0.1, 0.15) is 31.8 Å². The fraction of sp³-hybridized carbons (Fsp3) is 0.125. The van der Waals surface area contributed by atoms with Crippen molar-refractivity contribution in [3.05, 3.63) is 99.1 Å². The van der Waals surface area contributed by atoms with E-state index in [0.717, 1.165) is 0 Å². The highest BCUT2D eigenvalue weighted by molar-refractivity contribution is 6.14. The molecule has 1 N–H and O–H groups in total. The molecule has 3 aromatic carbocycles. The van der Waals surface area contributed by atoms with Crippen LogP contribution in [0.3, 0.4) is 0 Å². The molecule has 0 aliphatic heterocycles. The van der Waals surface area contributed by atoms with Gasteiger partial charge in [0.05, 0.1) is 17.6 Å². The molecule has 3 aromatic rings. The van der Waals surface area contributed by atoms with Crippen molar-refractivity contribution in [1.29, 1.82) is 0 Å². The summed E-state index contributed by atoms with van der Waals surface area (Å²) in [5, 5.41) is 13.5. The molecule has 1 amide bonds. The number of nitrogens with zero attached hydrogens (tertiary/aromatic N) is 1. The molecule has 33 heavy (non-hydrogen) atoms. The Labute approximate surface area is 189 Å². The van der Waals surface area contributed by atoms with Gasteiger partial charge in [-0.05, 0) is 43.3 Å². The molecule has 9 nitrogen and oxygen atoms in total. The lowest BCUT2D eigenvalue weighted by Gasteiger charge is -2.10.